The molecule has 0 unspecified atom stereocenters. The van der Waals surface area contributed by atoms with E-state index in [9.17, 15) is 4.39 Å². The Morgan fingerprint density at radius 2 is 1.67 bits per heavy atom. The van der Waals surface area contributed by atoms with Crippen LogP contribution in [0.1, 0.15) is 41.5 Å². The number of nitrogens with two attached hydrogens (primary N) is 1. The number of benzene rings is 1. The number of hydrogen-bond acceptors (Lipinski definition) is 3. The number of anilines is 2. The van der Waals surface area contributed by atoms with Gasteiger partial charge in [0.15, 0.2) is 11.6 Å². The third kappa shape index (κ3) is 5.10. The molecule has 120 valence electrons. The minimum atomic E-state index is -0.420. The lowest BCUT2D eigenvalue weighted by atomic mass is 9.85. The van der Waals surface area contributed by atoms with Crippen molar-refractivity contribution >= 4 is 11.4 Å². The first-order valence-corrected chi connectivity index (χ1v) is 7.71. The Bertz CT molecular complexity index is 450. The molecule has 1 aromatic carbocycles. The molecule has 21 heavy (non-hydrogen) atoms. The summed E-state index contributed by atoms with van der Waals surface area (Å²) in [4.78, 5) is 0. The van der Waals surface area contributed by atoms with Gasteiger partial charge in [0.05, 0.1) is 17.5 Å². The first kappa shape index (κ1) is 17.6. The summed E-state index contributed by atoms with van der Waals surface area (Å²) in [5, 5.41) is 3.34. The normalized spacial score (nSPS) is 11.8. The minimum Gasteiger partial charge on any atom is -0.488 e. The first-order chi connectivity index (χ1) is 9.72. The highest BCUT2D eigenvalue weighted by atomic mass is 19.1. The van der Waals surface area contributed by atoms with Gasteiger partial charge in [-0.3, -0.25) is 0 Å². The highest BCUT2D eigenvalue weighted by Crippen LogP contribution is 2.30. The van der Waals surface area contributed by atoms with Crippen molar-refractivity contribution in [3.05, 3.63) is 17.9 Å². The van der Waals surface area contributed by atoms with E-state index in [0.717, 1.165) is 12.2 Å². The molecule has 3 N–H and O–H groups in total. The summed E-state index contributed by atoms with van der Waals surface area (Å²) in [5.41, 5.74) is 7.05. The van der Waals surface area contributed by atoms with Gasteiger partial charge in [0.2, 0.25) is 0 Å². The van der Waals surface area contributed by atoms with E-state index in [4.69, 9.17) is 10.5 Å². The van der Waals surface area contributed by atoms with Crippen molar-refractivity contribution in [2.24, 2.45) is 17.8 Å². The minimum absolute atomic E-state index is 0.0740. The lowest BCUT2D eigenvalue weighted by Crippen LogP contribution is -2.25. The molecule has 0 aliphatic carbocycles. The molecule has 0 aliphatic heterocycles. The fraction of sp³-hybridized carbons (Fsp3) is 0.647. The molecule has 3 nitrogen and oxygen atoms in total. The van der Waals surface area contributed by atoms with Crippen molar-refractivity contribution in [1.82, 2.24) is 0 Å². The lowest BCUT2D eigenvalue weighted by molar-refractivity contribution is 0.231. The van der Waals surface area contributed by atoms with E-state index in [2.05, 4.69) is 33.0 Å². The molecule has 0 radical (unpaired) electrons. The van der Waals surface area contributed by atoms with Gasteiger partial charge >= 0.3 is 0 Å². The Hall–Kier alpha value is -1.45. The molecule has 0 bridgehead atoms. The Kier molecular flexibility index (Phi) is 6.31. The number of halogens is 1. The zero-order valence-corrected chi connectivity index (χ0v) is 14.0. The van der Waals surface area contributed by atoms with Crippen LogP contribution >= 0.6 is 0 Å². The first-order valence-electron chi connectivity index (χ1n) is 7.71. The summed E-state index contributed by atoms with van der Waals surface area (Å²) < 4.78 is 19.3. The number of hydrogen-bond donors (Lipinski definition) is 2. The van der Waals surface area contributed by atoms with Crippen molar-refractivity contribution in [2.75, 3.05) is 17.6 Å². The SMILES string of the molecule is CC(C)Oc1cc(NCC(C(C)C)C(C)C)c(N)cc1F. The maximum Gasteiger partial charge on any atom is 0.167 e. The van der Waals surface area contributed by atoms with Gasteiger partial charge < -0.3 is 15.8 Å². The van der Waals surface area contributed by atoms with Crippen LogP contribution in [0.25, 0.3) is 0 Å². The molecular weight excluding hydrogens is 267 g/mol. The van der Waals surface area contributed by atoms with Crippen molar-refractivity contribution < 1.29 is 9.13 Å². The van der Waals surface area contributed by atoms with E-state index in [1.54, 1.807) is 6.07 Å². The van der Waals surface area contributed by atoms with Crippen molar-refractivity contribution in [3.63, 3.8) is 0 Å². The maximum absolute atomic E-state index is 13.8. The predicted octanol–water partition coefficient (Wildman–Crippen LogP) is 4.54. The summed E-state index contributed by atoms with van der Waals surface area (Å²) in [6, 6.07) is 2.97. The van der Waals surface area contributed by atoms with Gasteiger partial charge in [-0.25, -0.2) is 4.39 Å². The molecule has 0 heterocycles. The van der Waals surface area contributed by atoms with Crippen LogP contribution in [0.5, 0.6) is 5.75 Å². The van der Waals surface area contributed by atoms with Crippen LogP contribution in [-0.2, 0) is 0 Å². The molecule has 4 heteroatoms. The lowest BCUT2D eigenvalue weighted by Gasteiger charge is -2.26. The largest absolute Gasteiger partial charge is 0.488 e. The molecular formula is C17H29FN2O. The van der Waals surface area contributed by atoms with Crippen LogP contribution in [0.15, 0.2) is 12.1 Å². The summed E-state index contributed by atoms with van der Waals surface area (Å²) in [5.74, 6) is 1.50. The number of ether oxygens (including phenoxy) is 1. The van der Waals surface area contributed by atoms with Crippen LogP contribution < -0.4 is 15.8 Å². The monoisotopic (exact) mass is 296 g/mol. The Morgan fingerprint density at radius 1 is 1.10 bits per heavy atom. The molecule has 0 amide bonds. The zero-order valence-electron chi connectivity index (χ0n) is 14.0. The van der Waals surface area contributed by atoms with Crippen molar-refractivity contribution in [2.45, 2.75) is 47.6 Å². The molecule has 0 spiro atoms. The average molecular weight is 296 g/mol. The Labute approximate surface area is 128 Å². The number of rotatable bonds is 7. The van der Waals surface area contributed by atoms with Crippen molar-refractivity contribution in [1.29, 1.82) is 0 Å². The van der Waals surface area contributed by atoms with E-state index >= 15 is 0 Å². The fourth-order valence-corrected chi connectivity index (χ4v) is 2.54. The molecule has 0 saturated carbocycles. The van der Waals surface area contributed by atoms with Crippen LogP contribution in [0.4, 0.5) is 15.8 Å². The molecule has 1 rings (SSSR count). The molecule has 0 aromatic heterocycles. The summed E-state index contributed by atoms with van der Waals surface area (Å²) in [6.45, 7) is 13.4. The van der Waals surface area contributed by atoms with Gasteiger partial charge in [0.25, 0.3) is 0 Å². The highest BCUT2D eigenvalue weighted by Gasteiger charge is 2.18. The second kappa shape index (κ2) is 7.53. The topological polar surface area (TPSA) is 47.3 Å². The third-order valence-electron chi connectivity index (χ3n) is 3.71. The molecule has 0 fully saturated rings. The quantitative estimate of drug-likeness (QED) is 0.726. The molecule has 0 saturated heterocycles. The number of nitrogen functional groups attached to an aromatic ring is 1. The highest BCUT2D eigenvalue weighted by molar-refractivity contribution is 5.68. The van der Waals surface area contributed by atoms with Crippen LogP contribution in [-0.4, -0.2) is 12.6 Å². The standard InChI is InChI=1S/C17H29FN2O/c1-10(2)13(11(3)4)9-20-16-8-17(21-12(5)6)14(18)7-15(16)19/h7-8,10-13,20H,9,19H2,1-6H3. The van der Waals surface area contributed by atoms with E-state index in [1.807, 2.05) is 13.8 Å². The third-order valence-corrected chi connectivity index (χ3v) is 3.71. The van der Waals surface area contributed by atoms with Gasteiger partial charge in [-0.1, -0.05) is 27.7 Å². The van der Waals surface area contributed by atoms with E-state index in [0.29, 0.717) is 23.4 Å². The van der Waals surface area contributed by atoms with Gasteiger partial charge in [-0.05, 0) is 31.6 Å². The van der Waals surface area contributed by atoms with Crippen LogP contribution in [0.2, 0.25) is 0 Å². The molecule has 1 aromatic rings. The van der Waals surface area contributed by atoms with Crippen LogP contribution in [0, 0.1) is 23.6 Å². The summed E-state index contributed by atoms with van der Waals surface area (Å²) >= 11 is 0. The van der Waals surface area contributed by atoms with E-state index in [-0.39, 0.29) is 11.9 Å². The van der Waals surface area contributed by atoms with E-state index < -0.39 is 5.82 Å². The maximum atomic E-state index is 13.8. The van der Waals surface area contributed by atoms with Crippen LogP contribution in [0.3, 0.4) is 0 Å². The zero-order chi connectivity index (χ0) is 16.2. The Balaban J connectivity index is 2.87. The van der Waals surface area contributed by atoms with Gasteiger partial charge in [-0.15, -0.1) is 0 Å². The molecule has 0 aliphatic rings. The summed E-state index contributed by atoms with van der Waals surface area (Å²) in [6.07, 6.45) is -0.0740. The second-order valence-corrected chi connectivity index (χ2v) is 6.57. The fourth-order valence-electron chi connectivity index (χ4n) is 2.54. The second-order valence-electron chi connectivity index (χ2n) is 6.57. The van der Waals surface area contributed by atoms with E-state index in [1.165, 1.54) is 6.07 Å². The Morgan fingerprint density at radius 3 is 2.14 bits per heavy atom. The van der Waals surface area contributed by atoms with Gasteiger partial charge in [0.1, 0.15) is 0 Å². The van der Waals surface area contributed by atoms with Gasteiger partial charge in [0, 0.05) is 18.7 Å². The number of nitrogens with one attached hydrogen (secondary N) is 1. The smallest absolute Gasteiger partial charge is 0.167 e. The molecule has 0 atom stereocenters. The summed E-state index contributed by atoms with van der Waals surface area (Å²) in [7, 11) is 0. The average Bonchev–Trinajstić information content (AvgIpc) is 2.33. The predicted molar refractivity (Wildman–Crippen MR) is 88.2 cm³/mol. The van der Waals surface area contributed by atoms with Gasteiger partial charge in [-0.2, -0.15) is 0 Å². The van der Waals surface area contributed by atoms with Crippen molar-refractivity contribution in [3.8, 4) is 5.75 Å².